The van der Waals surface area contributed by atoms with E-state index in [1.807, 2.05) is 49.4 Å². The van der Waals surface area contributed by atoms with Gasteiger partial charge in [0.15, 0.2) is 5.65 Å². The van der Waals surface area contributed by atoms with Crippen LogP contribution >= 0.6 is 0 Å². The highest BCUT2D eigenvalue weighted by molar-refractivity contribution is 5.87. The van der Waals surface area contributed by atoms with Crippen LogP contribution in [0.2, 0.25) is 0 Å². The number of rotatable bonds is 5. The third-order valence-electron chi connectivity index (χ3n) is 3.68. The molecule has 2 amide bonds. The minimum Gasteiger partial charge on any atom is -0.388 e. The number of anilines is 1. The largest absolute Gasteiger partial charge is 0.388 e. The summed E-state index contributed by atoms with van der Waals surface area (Å²) < 4.78 is 1.68. The van der Waals surface area contributed by atoms with Crippen molar-refractivity contribution in [2.45, 2.75) is 25.5 Å². The molecule has 7 heteroatoms. The fraction of sp³-hybridized carbons (Fsp3) is 0.235. The van der Waals surface area contributed by atoms with Crippen LogP contribution < -0.4 is 10.6 Å². The summed E-state index contributed by atoms with van der Waals surface area (Å²) in [6.45, 7) is 1.84. The molecular formula is C17H19N5O2. The first-order chi connectivity index (χ1) is 11.6. The van der Waals surface area contributed by atoms with E-state index < -0.39 is 6.10 Å². The second kappa shape index (κ2) is 7.10. The lowest BCUT2D eigenvalue weighted by Gasteiger charge is -2.18. The molecule has 0 aliphatic rings. The minimum absolute atomic E-state index is 0.209. The van der Waals surface area contributed by atoms with E-state index in [0.717, 1.165) is 5.56 Å². The molecule has 2 unspecified atom stereocenters. The van der Waals surface area contributed by atoms with Gasteiger partial charge in [0.05, 0.1) is 6.10 Å². The Morgan fingerprint density at radius 3 is 2.71 bits per heavy atom. The second-order valence-corrected chi connectivity index (χ2v) is 5.61. The lowest BCUT2D eigenvalue weighted by molar-refractivity contribution is 0.155. The molecule has 0 radical (unpaired) electrons. The molecule has 0 aliphatic heterocycles. The Morgan fingerprint density at radius 2 is 1.92 bits per heavy atom. The van der Waals surface area contributed by atoms with Crippen molar-refractivity contribution in [2.75, 3.05) is 5.32 Å². The first kappa shape index (κ1) is 15.9. The number of aliphatic hydroxyl groups is 1. The molecule has 0 fully saturated rings. The van der Waals surface area contributed by atoms with E-state index in [2.05, 4.69) is 20.8 Å². The third kappa shape index (κ3) is 3.69. The van der Waals surface area contributed by atoms with Crippen molar-refractivity contribution in [3.8, 4) is 0 Å². The summed E-state index contributed by atoms with van der Waals surface area (Å²) in [6, 6.07) is 14.3. The predicted octanol–water partition coefficient (Wildman–Crippen LogP) is 2.36. The maximum absolute atomic E-state index is 12.1. The molecule has 3 aromatic rings. The molecule has 2 atom stereocenters. The Balaban J connectivity index is 1.56. The number of aromatic nitrogens is 3. The molecule has 0 saturated heterocycles. The summed E-state index contributed by atoms with van der Waals surface area (Å²) >= 11 is 0. The van der Waals surface area contributed by atoms with E-state index in [1.165, 1.54) is 0 Å². The molecule has 0 bridgehead atoms. The van der Waals surface area contributed by atoms with Crippen molar-refractivity contribution in [1.29, 1.82) is 0 Å². The summed E-state index contributed by atoms with van der Waals surface area (Å²) in [5.74, 6) is 0.346. The molecule has 2 aromatic heterocycles. The van der Waals surface area contributed by atoms with Gasteiger partial charge in [-0.2, -0.15) is 0 Å². The Hall–Kier alpha value is -2.93. The summed E-state index contributed by atoms with van der Waals surface area (Å²) in [4.78, 5) is 12.1. The molecular weight excluding hydrogens is 306 g/mol. The van der Waals surface area contributed by atoms with Crippen molar-refractivity contribution in [1.82, 2.24) is 19.9 Å². The van der Waals surface area contributed by atoms with Crippen molar-refractivity contribution in [3.63, 3.8) is 0 Å². The Kier molecular flexibility index (Phi) is 4.72. The number of aliphatic hydroxyl groups excluding tert-OH is 1. The zero-order chi connectivity index (χ0) is 16.9. The monoisotopic (exact) mass is 325 g/mol. The number of pyridine rings is 1. The second-order valence-electron chi connectivity index (χ2n) is 5.61. The van der Waals surface area contributed by atoms with Gasteiger partial charge >= 0.3 is 6.03 Å². The fourth-order valence-corrected chi connectivity index (χ4v) is 2.49. The summed E-state index contributed by atoms with van der Waals surface area (Å²) in [6.07, 6.45) is 1.56. The van der Waals surface area contributed by atoms with Gasteiger partial charge in [-0.3, -0.25) is 9.72 Å². The Labute approximate surface area is 139 Å². The van der Waals surface area contributed by atoms with E-state index in [1.54, 1.807) is 16.7 Å². The first-order valence-corrected chi connectivity index (χ1v) is 7.74. The van der Waals surface area contributed by atoms with Gasteiger partial charge in [-0.05, 0) is 31.0 Å². The smallest absolute Gasteiger partial charge is 0.321 e. The standard InChI is InChI=1S/C17H19N5O2/c1-12(11-14(23)13-7-3-2-4-8-13)18-17(24)19-16-21-20-15-9-5-6-10-22(15)16/h2-10,12,14,23H,11H2,1H3,(H2,18,19,21,24). The van der Waals surface area contributed by atoms with Crippen LogP contribution in [0.25, 0.3) is 5.65 Å². The topological polar surface area (TPSA) is 91.5 Å². The van der Waals surface area contributed by atoms with Crippen LogP contribution in [0.1, 0.15) is 25.0 Å². The number of carbonyl (C=O) groups excluding carboxylic acids is 1. The maximum atomic E-state index is 12.1. The van der Waals surface area contributed by atoms with Crippen LogP contribution in [0.5, 0.6) is 0 Å². The molecule has 7 nitrogen and oxygen atoms in total. The number of hydrogen-bond acceptors (Lipinski definition) is 4. The van der Waals surface area contributed by atoms with Gasteiger partial charge in [-0.25, -0.2) is 4.79 Å². The molecule has 24 heavy (non-hydrogen) atoms. The van der Waals surface area contributed by atoms with Gasteiger partial charge < -0.3 is 10.4 Å². The maximum Gasteiger partial charge on any atom is 0.321 e. The minimum atomic E-state index is -0.629. The highest BCUT2D eigenvalue weighted by Crippen LogP contribution is 2.17. The summed E-state index contributed by atoms with van der Waals surface area (Å²) in [7, 11) is 0. The molecule has 0 aliphatic carbocycles. The van der Waals surface area contributed by atoms with E-state index >= 15 is 0 Å². The summed E-state index contributed by atoms with van der Waals surface area (Å²) in [5, 5.41) is 23.6. The van der Waals surface area contributed by atoms with E-state index in [9.17, 15) is 9.90 Å². The van der Waals surface area contributed by atoms with Crippen molar-refractivity contribution in [2.24, 2.45) is 0 Å². The average Bonchev–Trinajstić information content (AvgIpc) is 2.98. The highest BCUT2D eigenvalue weighted by atomic mass is 16.3. The van der Waals surface area contributed by atoms with E-state index in [-0.39, 0.29) is 12.1 Å². The van der Waals surface area contributed by atoms with E-state index in [4.69, 9.17) is 0 Å². The normalized spacial score (nSPS) is 13.4. The van der Waals surface area contributed by atoms with Gasteiger partial charge in [-0.15, -0.1) is 10.2 Å². The molecule has 3 N–H and O–H groups in total. The highest BCUT2D eigenvalue weighted by Gasteiger charge is 2.15. The molecule has 2 heterocycles. The Bertz CT molecular complexity index is 818. The lowest BCUT2D eigenvalue weighted by Crippen LogP contribution is -2.37. The zero-order valence-corrected chi connectivity index (χ0v) is 13.3. The van der Waals surface area contributed by atoms with Gasteiger partial charge in [-0.1, -0.05) is 36.4 Å². The third-order valence-corrected chi connectivity index (χ3v) is 3.68. The number of fused-ring (bicyclic) bond motifs is 1. The van der Waals surface area contributed by atoms with Crippen LogP contribution in [-0.4, -0.2) is 31.8 Å². The van der Waals surface area contributed by atoms with Gasteiger partial charge in [0.2, 0.25) is 5.95 Å². The average molecular weight is 325 g/mol. The van der Waals surface area contributed by atoms with Crippen LogP contribution in [0, 0.1) is 0 Å². The lowest BCUT2D eigenvalue weighted by atomic mass is 10.0. The van der Waals surface area contributed by atoms with Gasteiger partial charge in [0.25, 0.3) is 0 Å². The molecule has 124 valence electrons. The van der Waals surface area contributed by atoms with Crippen molar-refractivity contribution in [3.05, 3.63) is 60.3 Å². The number of benzene rings is 1. The molecule has 0 spiro atoms. The van der Waals surface area contributed by atoms with Gasteiger partial charge in [0, 0.05) is 12.2 Å². The van der Waals surface area contributed by atoms with E-state index in [0.29, 0.717) is 18.0 Å². The number of nitrogens with one attached hydrogen (secondary N) is 2. The first-order valence-electron chi connectivity index (χ1n) is 7.74. The summed E-state index contributed by atoms with van der Waals surface area (Å²) in [5.41, 5.74) is 1.48. The van der Waals surface area contributed by atoms with Crippen molar-refractivity contribution >= 4 is 17.6 Å². The number of amides is 2. The van der Waals surface area contributed by atoms with Crippen molar-refractivity contribution < 1.29 is 9.90 Å². The van der Waals surface area contributed by atoms with Crippen LogP contribution in [0.15, 0.2) is 54.7 Å². The number of hydrogen-bond donors (Lipinski definition) is 3. The van der Waals surface area contributed by atoms with Crippen LogP contribution in [-0.2, 0) is 0 Å². The number of nitrogens with zero attached hydrogens (tertiary/aromatic N) is 3. The van der Waals surface area contributed by atoms with Crippen LogP contribution in [0.3, 0.4) is 0 Å². The zero-order valence-electron chi connectivity index (χ0n) is 13.3. The quantitative estimate of drug-likeness (QED) is 0.671. The fourth-order valence-electron chi connectivity index (χ4n) is 2.49. The number of urea groups is 1. The molecule has 1 aromatic carbocycles. The van der Waals surface area contributed by atoms with Crippen LogP contribution in [0.4, 0.5) is 10.7 Å². The number of carbonyl (C=O) groups is 1. The molecule has 3 rings (SSSR count). The SMILES string of the molecule is CC(CC(O)c1ccccc1)NC(=O)Nc1nnc2ccccn12. The predicted molar refractivity (Wildman–Crippen MR) is 90.6 cm³/mol. The van der Waals surface area contributed by atoms with Gasteiger partial charge in [0.1, 0.15) is 0 Å². The Morgan fingerprint density at radius 1 is 1.17 bits per heavy atom. The molecule has 0 saturated carbocycles.